The molecule has 0 aliphatic carbocycles. The smallest absolute Gasteiger partial charge is 0.101 e. The molecule has 0 aromatic heterocycles. The van der Waals surface area contributed by atoms with Gasteiger partial charge in [0.2, 0.25) is 0 Å². The Morgan fingerprint density at radius 3 is 0.947 bits per heavy atom. The highest BCUT2D eigenvalue weighted by Crippen LogP contribution is 2.24. The first-order valence-corrected chi connectivity index (χ1v) is 18.0. The van der Waals surface area contributed by atoms with Crippen LogP contribution in [0.15, 0.2) is 12.4 Å². The van der Waals surface area contributed by atoms with Gasteiger partial charge in [0.25, 0.3) is 0 Å². The summed E-state index contributed by atoms with van der Waals surface area (Å²) < 4.78 is 0. The summed E-state index contributed by atoms with van der Waals surface area (Å²) in [6.45, 7) is 9.46. The van der Waals surface area contributed by atoms with Crippen LogP contribution in [0.1, 0.15) is 201 Å². The van der Waals surface area contributed by atoms with Crippen molar-refractivity contribution in [2.45, 2.75) is 207 Å². The largest absolute Gasteiger partial charge is 0.356 e. The molecule has 0 spiro atoms. The van der Waals surface area contributed by atoms with Crippen molar-refractivity contribution in [1.82, 2.24) is 9.80 Å². The SMILES string of the molecule is CCCCCCCCCCCCCCCCCCC1N(CCCCCC)C=CN1CCCCCCCCC. The lowest BCUT2D eigenvalue weighted by Crippen LogP contribution is -2.39. The van der Waals surface area contributed by atoms with Gasteiger partial charge in [0.1, 0.15) is 6.17 Å². The quantitative estimate of drug-likeness (QED) is 0.0848. The maximum Gasteiger partial charge on any atom is 0.101 e. The Morgan fingerprint density at radius 2 is 0.605 bits per heavy atom. The lowest BCUT2D eigenvalue weighted by atomic mass is 10.0. The first-order valence-electron chi connectivity index (χ1n) is 18.0. The summed E-state index contributed by atoms with van der Waals surface area (Å²) in [5.41, 5.74) is 0. The van der Waals surface area contributed by atoms with E-state index < -0.39 is 0 Å². The predicted octanol–water partition coefficient (Wildman–Crippen LogP) is 12.4. The van der Waals surface area contributed by atoms with E-state index in [1.807, 2.05) is 0 Å². The summed E-state index contributed by atoms with van der Waals surface area (Å²) in [5.74, 6) is 0. The summed E-state index contributed by atoms with van der Waals surface area (Å²) in [6.07, 6.45) is 45.5. The standard InChI is InChI=1S/C36H72N2/c1-4-7-10-13-15-16-17-18-19-20-21-22-23-24-26-28-31-36-37(32-29-12-9-6-3)34-35-38(36)33-30-27-25-14-11-8-5-2/h34-36H,4-33H2,1-3H3. The molecule has 0 bridgehead atoms. The Bertz CT molecular complexity index is 488. The third kappa shape index (κ3) is 20.3. The third-order valence-electron chi connectivity index (χ3n) is 8.82. The molecule has 1 unspecified atom stereocenters. The van der Waals surface area contributed by atoms with Crippen molar-refractivity contribution in [2.75, 3.05) is 13.1 Å². The van der Waals surface area contributed by atoms with Gasteiger partial charge >= 0.3 is 0 Å². The molecular formula is C36H72N2. The van der Waals surface area contributed by atoms with Crippen molar-refractivity contribution in [3.05, 3.63) is 12.4 Å². The second kappa shape index (κ2) is 27.9. The average Bonchev–Trinajstić information content (AvgIpc) is 3.31. The minimum Gasteiger partial charge on any atom is -0.356 e. The molecule has 1 aliphatic heterocycles. The van der Waals surface area contributed by atoms with Crippen molar-refractivity contribution in [1.29, 1.82) is 0 Å². The molecule has 1 rings (SSSR count). The zero-order chi connectivity index (χ0) is 27.4. The Morgan fingerprint density at radius 1 is 0.342 bits per heavy atom. The molecular weight excluding hydrogens is 460 g/mol. The van der Waals surface area contributed by atoms with Gasteiger partial charge in [0.05, 0.1) is 0 Å². The van der Waals surface area contributed by atoms with E-state index in [1.54, 1.807) is 0 Å². The van der Waals surface area contributed by atoms with Crippen LogP contribution in [-0.4, -0.2) is 29.1 Å². The topological polar surface area (TPSA) is 6.48 Å². The third-order valence-corrected chi connectivity index (χ3v) is 8.82. The molecule has 226 valence electrons. The van der Waals surface area contributed by atoms with Gasteiger partial charge in [-0.25, -0.2) is 0 Å². The van der Waals surface area contributed by atoms with Crippen molar-refractivity contribution in [3.63, 3.8) is 0 Å². The fourth-order valence-electron chi connectivity index (χ4n) is 6.19. The summed E-state index contributed by atoms with van der Waals surface area (Å²) in [7, 11) is 0. The van der Waals surface area contributed by atoms with E-state index >= 15 is 0 Å². The van der Waals surface area contributed by atoms with Gasteiger partial charge in [-0.05, 0) is 25.7 Å². The van der Waals surface area contributed by atoms with Crippen LogP contribution in [-0.2, 0) is 0 Å². The maximum atomic E-state index is 2.69. The first kappa shape index (κ1) is 35.4. The van der Waals surface area contributed by atoms with E-state index in [0.717, 1.165) is 0 Å². The Labute approximate surface area is 241 Å². The normalized spacial score (nSPS) is 15.3. The second-order valence-corrected chi connectivity index (χ2v) is 12.5. The Kier molecular flexibility index (Phi) is 26.0. The highest BCUT2D eigenvalue weighted by Gasteiger charge is 2.24. The van der Waals surface area contributed by atoms with E-state index in [2.05, 4.69) is 43.0 Å². The predicted molar refractivity (Wildman–Crippen MR) is 173 cm³/mol. The molecule has 0 saturated carbocycles. The van der Waals surface area contributed by atoms with E-state index in [-0.39, 0.29) is 0 Å². The van der Waals surface area contributed by atoms with E-state index in [0.29, 0.717) is 6.17 Å². The molecule has 0 saturated heterocycles. The van der Waals surface area contributed by atoms with Gasteiger partial charge in [-0.2, -0.15) is 0 Å². The average molecular weight is 533 g/mol. The molecule has 2 nitrogen and oxygen atoms in total. The fourth-order valence-corrected chi connectivity index (χ4v) is 6.19. The zero-order valence-electron chi connectivity index (χ0n) is 26.8. The summed E-state index contributed by atoms with van der Waals surface area (Å²) in [5, 5.41) is 0. The van der Waals surface area contributed by atoms with Crippen LogP contribution >= 0.6 is 0 Å². The molecule has 0 aromatic carbocycles. The van der Waals surface area contributed by atoms with E-state index in [1.165, 1.54) is 193 Å². The molecule has 1 atom stereocenters. The summed E-state index contributed by atoms with van der Waals surface area (Å²) >= 11 is 0. The van der Waals surface area contributed by atoms with Crippen molar-refractivity contribution < 1.29 is 0 Å². The van der Waals surface area contributed by atoms with Crippen molar-refractivity contribution in [2.24, 2.45) is 0 Å². The van der Waals surface area contributed by atoms with Crippen LogP contribution in [0.5, 0.6) is 0 Å². The number of rotatable bonds is 30. The minimum atomic E-state index is 0.642. The molecule has 2 heteroatoms. The van der Waals surface area contributed by atoms with Crippen LogP contribution in [0, 0.1) is 0 Å². The van der Waals surface area contributed by atoms with Crippen LogP contribution < -0.4 is 0 Å². The van der Waals surface area contributed by atoms with Crippen LogP contribution in [0.2, 0.25) is 0 Å². The maximum absolute atomic E-state index is 2.69. The second-order valence-electron chi connectivity index (χ2n) is 12.5. The highest BCUT2D eigenvalue weighted by atomic mass is 15.4. The van der Waals surface area contributed by atoms with Crippen molar-refractivity contribution >= 4 is 0 Å². The van der Waals surface area contributed by atoms with Gasteiger partial charge < -0.3 is 9.80 Å². The zero-order valence-corrected chi connectivity index (χ0v) is 26.8. The highest BCUT2D eigenvalue weighted by molar-refractivity contribution is 4.97. The summed E-state index contributed by atoms with van der Waals surface area (Å²) in [4.78, 5) is 5.37. The van der Waals surface area contributed by atoms with Gasteiger partial charge in [0.15, 0.2) is 0 Å². The lowest BCUT2D eigenvalue weighted by Gasteiger charge is -2.33. The molecule has 0 N–H and O–H groups in total. The number of unbranched alkanes of at least 4 members (excludes halogenated alkanes) is 24. The van der Waals surface area contributed by atoms with Crippen LogP contribution in [0.4, 0.5) is 0 Å². The van der Waals surface area contributed by atoms with Crippen molar-refractivity contribution in [3.8, 4) is 0 Å². The van der Waals surface area contributed by atoms with E-state index in [9.17, 15) is 0 Å². The van der Waals surface area contributed by atoms with Crippen LogP contribution in [0.3, 0.4) is 0 Å². The molecule has 0 fully saturated rings. The minimum absolute atomic E-state index is 0.642. The van der Waals surface area contributed by atoms with E-state index in [4.69, 9.17) is 0 Å². The lowest BCUT2D eigenvalue weighted by molar-refractivity contribution is 0.135. The molecule has 1 aliphatic rings. The van der Waals surface area contributed by atoms with Gasteiger partial charge in [-0.3, -0.25) is 0 Å². The van der Waals surface area contributed by atoms with Gasteiger partial charge in [-0.1, -0.05) is 175 Å². The number of nitrogens with zero attached hydrogens (tertiary/aromatic N) is 2. The number of hydrogen-bond acceptors (Lipinski definition) is 2. The van der Waals surface area contributed by atoms with Crippen LogP contribution in [0.25, 0.3) is 0 Å². The Balaban J connectivity index is 2.09. The summed E-state index contributed by atoms with van der Waals surface area (Å²) in [6, 6.07) is 0. The van der Waals surface area contributed by atoms with Gasteiger partial charge in [0, 0.05) is 25.5 Å². The molecule has 0 amide bonds. The molecule has 0 aromatic rings. The Hall–Kier alpha value is -0.660. The fraction of sp³-hybridized carbons (Fsp3) is 0.944. The first-order chi connectivity index (χ1) is 18.8. The molecule has 1 heterocycles. The molecule has 0 radical (unpaired) electrons. The van der Waals surface area contributed by atoms with Gasteiger partial charge in [-0.15, -0.1) is 0 Å². The molecule has 38 heavy (non-hydrogen) atoms. The number of hydrogen-bond donors (Lipinski definition) is 0. The monoisotopic (exact) mass is 533 g/mol.